The van der Waals surface area contributed by atoms with Crippen LogP contribution in [-0.2, 0) is 10.0 Å². The smallest absolute Gasteiger partial charge is 0.240 e. The molecule has 0 heterocycles. The lowest BCUT2D eigenvalue weighted by atomic mass is 10.1. The van der Waals surface area contributed by atoms with Crippen molar-refractivity contribution in [2.75, 3.05) is 12.8 Å². The van der Waals surface area contributed by atoms with E-state index in [1.807, 2.05) is 44.4 Å². The molecule has 4 nitrogen and oxygen atoms in total. The summed E-state index contributed by atoms with van der Waals surface area (Å²) < 4.78 is 33.0. The molecule has 0 aliphatic rings. The highest BCUT2D eigenvalue weighted by Gasteiger charge is 2.24. The van der Waals surface area contributed by atoms with Gasteiger partial charge in [-0.05, 0) is 56.5 Å². The van der Waals surface area contributed by atoms with Crippen LogP contribution in [0.3, 0.4) is 0 Å². The Morgan fingerprint density at radius 1 is 1.04 bits per heavy atom. The van der Waals surface area contributed by atoms with Crippen LogP contribution in [-0.4, -0.2) is 26.8 Å². The standard InChI is InChI=1S/C17H21NO3S2/c1-17(2,21-14-9-11-15(22-3)12-10-14)13-18-23(19,20)16-7-5-4-6-8-16/h4-12,18H,13H2,1-3H3. The molecular weight excluding hydrogens is 330 g/mol. The fraction of sp³-hybridized carbons (Fsp3) is 0.294. The van der Waals surface area contributed by atoms with Crippen LogP contribution >= 0.6 is 11.8 Å². The average molecular weight is 351 g/mol. The van der Waals surface area contributed by atoms with Crippen LogP contribution in [0.2, 0.25) is 0 Å². The van der Waals surface area contributed by atoms with Gasteiger partial charge in [0.15, 0.2) is 0 Å². The van der Waals surface area contributed by atoms with E-state index in [9.17, 15) is 8.42 Å². The van der Waals surface area contributed by atoms with Gasteiger partial charge in [-0.1, -0.05) is 18.2 Å². The van der Waals surface area contributed by atoms with Crippen LogP contribution < -0.4 is 9.46 Å². The van der Waals surface area contributed by atoms with Crippen LogP contribution in [0.4, 0.5) is 0 Å². The first-order valence-corrected chi connectivity index (χ1v) is 9.91. The summed E-state index contributed by atoms with van der Waals surface area (Å²) in [6.45, 7) is 3.88. The summed E-state index contributed by atoms with van der Waals surface area (Å²) in [7, 11) is -3.53. The molecule has 0 atom stereocenters. The minimum absolute atomic E-state index is 0.175. The molecule has 0 aliphatic heterocycles. The van der Waals surface area contributed by atoms with Crippen LogP contribution in [0, 0.1) is 0 Å². The monoisotopic (exact) mass is 351 g/mol. The van der Waals surface area contributed by atoms with Gasteiger partial charge in [-0.25, -0.2) is 13.1 Å². The summed E-state index contributed by atoms with van der Waals surface area (Å²) >= 11 is 1.66. The largest absolute Gasteiger partial charge is 0.487 e. The predicted molar refractivity (Wildman–Crippen MR) is 94.6 cm³/mol. The number of rotatable bonds is 7. The Balaban J connectivity index is 2.00. The summed E-state index contributed by atoms with van der Waals surface area (Å²) in [6, 6.07) is 16.0. The molecule has 1 N–H and O–H groups in total. The van der Waals surface area contributed by atoms with Crippen molar-refractivity contribution in [2.45, 2.75) is 29.2 Å². The Kier molecular flexibility index (Phi) is 5.73. The molecule has 0 unspecified atom stereocenters. The van der Waals surface area contributed by atoms with E-state index >= 15 is 0 Å². The van der Waals surface area contributed by atoms with Crippen molar-refractivity contribution < 1.29 is 13.2 Å². The zero-order valence-electron chi connectivity index (χ0n) is 13.4. The molecule has 6 heteroatoms. The highest BCUT2D eigenvalue weighted by atomic mass is 32.2. The number of sulfonamides is 1. The number of benzene rings is 2. The second kappa shape index (κ2) is 7.38. The third kappa shape index (κ3) is 5.27. The molecule has 2 aromatic carbocycles. The van der Waals surface area contributed by atoms with Crippen molar-refractivity contribution in [3.8, 4) is 5.75 Å². The molecule has 2 rings (SSSR count). The van der Waals surface area contributed by atoms with Gasteiger partial charge in [-0.15, -0.1) is 11.8 Å². The number of hydrogen-bond acceptors (Lipinski definition) is 4. The summed E-state index contributed by atoms with van der Waals surface area (Å²) in [6.07, 6.45) is 2.01. The molecule has 0 spiro atoms. The maximum absolute atomic E-state index is 12.2. The van der Waals surface area contributed by atoms with E-state index in [2.05, 4.69) is 4.72 Å². The van der Waals surface area contributed by atoms with Crippen molar-refractivity contribution in [2.24, 2.45) is 0 Å². The van der Waals surface area contributed by atoms with E-state index in [1.165, 1.54) is 0 Å². The summed E-state index contributed by atoms with van der Waals surface area (Å²) in [5.74, 6) is 0.715. The van der Waals surface area contributed by atoms with Gasteiger partial charge in [-0.3, -0.25) is 0 Å². The second-order valence-corrected chi connectivity index (χ2v) is 8.32. The normalized spacial score (nSPS) is 12.1. The Morgan fingerprint density at radius 2 is 1.65 bits per heavy atom. The lowest BCUT2D eigenvalue weighted by molar-refractivity contribution is 0.114. The SMILES string of the molecule is CSc1ccc(OC(C)(C)CNS(=O)(=O)c2ccccc2)cc1. The molecule has 0 fully saturated rings. The lowest BCUT2D eigenvalue weighted by Crippen LogP contribution is -2.42. The predicted octanol–water partition coefficient (Wildman–Crippen LogP) is 3.54. The fourth-order valence-corrected chi connectivity index (χ4v) is 3.58. The topological polar surface area (TPSA) is 55.4 Å². The molecular formula is C17H21NO3S2. The van der Waals surface area contributed by atoms with Crippen molar-refractivity contribution >= 4 is 21.8 Å². The molecule has 0 radical (unpaired) electrons. The summed E-state index contributed by atoms with van der Waals surface area (Å²) in [5.41, 5.74) is -0.664. The van der Waals surface area contributed by atoms with Gasteiger partial charge < -0.3 is 4.74 Å². The van der Waals surface area contributed by atoms with E-state index in [0.29, 0.717) is 5.75 Å². The highest BCUT2D eigenvalue weighted by Crippen LogP contribution is 2.22. The van der Waals surface area contributed by atoms with Gasteiger partial charge in [0, 0.05) is 4.90 Å². The molecule has 0 aromatic heterocycles. The van der Waals surface area contributed by atoms with Gasteiger partial charge >= 0.3 is 0 Å². The highest BCUT2D eigenvalue weighted by molar-refractivity contribution is 7.98. The zero-order chi connectivity index (χ0) is 16.9. The molecule has 2 aromatic rings. The van der Waals surface area contributed by atoms with Gasteiger partial charge in [0.25, 0.3) is 0 Å². The summed E-state index contributed by atoms with van der Waals surface area (Å²) in [5, 5.41) is 0. The number of nitrogens with one attached hydrogen (secondary N) is 1. The molecule has 0 saturated heterocycles. The van der Waals surface area contributed by atoms with E-state index in [0.717, 1.165) is 4.90 Å². The number of thioether (sulfide) groups is 1. The van der Waals surface area contributed by atoms with Crippen molar-refractivity contribution in [3.05, 3.63) is 54.6 Å². The minimum Gasteiger partial charge on any atom is -0.487 e. The quantitative estimate of drug-likeness (QED) is 0.775. The van der Waals surface area contributed by atoms with E-state index in [1.54, 1.807) is 42.1 Å². The molecule has 23 heavy (non-hydrogen) atoms. The second-order valence-electron chi connectivity index (χ2n) is 5.67. The van der Waals surface area contributed by atoms with Gasteiger partial charge in [0.2, 0.25) is 10.0 Å². The van der Waals surface area contributed by atoms with Crippen molar-refractivity contribution in [1.82, 2.24) is 4.72 Å². The number of hydrogen-bond donors (Lipinski definition) is 1. The van der Waals surface area contributed by atoms with E-state index < -0.39 is 15.6 Å². The average Bonchev–Trinajstić information content (AvgIpc) is 2.54. The van der Waals surface area contributed by atoms with Crippen LogP contribution in [0.1, 0.15) is 13.8 Å². The van der Waals surface area contributed by atoms with Crippen molar-refractivity contribution in [3.63, 3.8) is 0 Å². The molecule has 0 saturated carbocycles. The lowest BCUT2D eigenvalue weighted by Gasteiger charge is -2.26. The Bertz CT molecular complexity index is 726. The molecule has 0 amide bonds. The Hall–Kier alpha value is -1.50. The first-order chi connectivity index (χ1) is 10.8. The first-order valence-electron chi connectivity index (χ1n) is 7.20. The molecule has 0 aliphatic carbocycles. The van der Waals surface area contributed by atoms with Crippen LogP contribution in [0.25, 0.3) is 0 Å². The zero-order valence-corrected chi connectivity index (χ0v) is 15.1. The number of ether oxygens (including phenoxy) is 1. The Morgan fingerprint density at radius 3 is 2.22 bits per heavy atom. The third-order valence-electron chi connectivity index (χ3n) is 3.19. The minimum atomic E-state index is -3.53. The first kappa shape index (κ1) is 17.8. The molecule has 0 bridgehead atoms. The van der Waals surface area contributed by atoms with Crippen molar-refractivity contribution in [1.29, 1.82) is 0 Å². The van der Waals surface area contributed by atoms with Gasteiger partial charge in [-0.2, -0.15) is 0 Å². The van der Waals surface area contributed by atoms with Crippen LogP contribution in [0.15, 0.2) is 64.4 Å². The summed E-state index contributed by atoms with van der Waals surface area (Å²) in [4.78, 5) is 1.40. The Labute approximate surface area is 142 Å². The van der Waals surface area contributed by atoms with Gasteiger partial charge in [0.1, 0.15) is 11.4 Å². The maximum Gasteiger partial charge on any atom is 0.240 e. The molecule has 124 valence electrons. The maximum atomic E-state index is 12.2. The van der Waals surface area contributed by atoms with Gasteiger partial charge in [0.05, 0.1) is 11.4 Å². The third-order valence-corrected chi connectivity index (χ3v) is 5.36. The van der Waals surface area contributed by atoms with E-state index in [-0.39, 0.29) is 11.4 Å². The van der Waals surface area contributed by atoms with Crippen LogP contribution in [0.5, 0.6) is 5.75 Å². The van der Waals surface area contributed by atoms with E-state index in [4.69, 9.17) is 4.74 Å². The fourth-order valence-electron chi connectivity index (χ4n) is 1.95.